The zero-order chi connectivity index (χ0) is 20.0. The Bertz CT molecular complexity index is 1070. The van der Waals surface area contributed by atoms with E-state index in [-0.39, 0.29) is 16.4 Å². The summed E-state index contributed by atoms with van der Waals surface area (Å²) in [5, 5.41) is 13.2. The van der Waals surface area contributed by atoms with Gasteiger partial charge in [0, 0.05) is 17.3 Å². The summed E-state index contributed by atoms with van der Waals surface area (Å²) >= 11 is 1.13. The number of aromatic nitrogens is 1. The molecule has 0 aliphatic heterocycles. The summed E-state index contributed by atoms with van der Waals surface area (Å²) in [7, 11) is -3.94. The van der Waals surface area contributed by atoms with E-state index in [0.29, 0.717) is 5.69 Å². The number of hydrogen-bond donors (Lipinski definition) is 1. The number of anilines is 2. The fraction of sp³-hybridized carbons (Fsp3) is 0.105. The molecular weight excluding hydrogens is 396 g/mol. The number of nitrogens with one attached hydrogen (secondary N) is 1. The molecule has 0 saturated heterocycles. The number of nitrogens with zero attached hydrogens (tertiary/aromatic N) is 3. The molecule has 0 spiro atoms. The van der Waals surface area contributed by atoms with E-state index in [4.69, 9.17) is 5.26 Å². The van der Waals surface area contributed by atoms with Crippen molar-refractivity contribution in [1.29, 1.82) is 5.26 Å². The lowest BCUT2D eigenvalue weighted by Crippen LogP contribution is -2.38. The standard InChI is InChI=1S/C19H16N4O3S2/c20-11-10-15-6-8-16(9-7-15)22-18(24)14-23(19-21-12-13-27-19)28(25,26)17-4-2-1-3-5-17/h1-9,12-13H,10,14H2,(H,22,24). The van der Waals surface area contributed by atoms with Gasteiger partial charge in [0.1, 0.15) is 6.54 Å². The Hall–Kier alpha value is -3.22. The zero-order valence-electron chi connectivity index (χ0n) is 14.6. The van der Waals surface area contributed by atoms with Crippen molar-refractivity contribution in [3.8, 4) is 6.07 Å². The highest BCUT2D eigenvalue weighted by Crippen LogP contribution is 2.25. The van der Waals surface area contributed by atoms with Gasteiger partial charge in [-0.25, -0.2) is 17.7 Å². The first-order valence-electron chi connectivity index (χ1n) is 8.24. The van der Waals surface area contributed by atoms with Crippen molar-refractivity contribution in [2.24, 2.45) is 0 Å². The monoisotopic (exact) mass is 412 g/mol. The molecule has 9 heteroatoms. The highest BCUT2D eigenvalue weighted by Gasteiger charge is 2.28. The molecule has 0 bridgehead atoms. The van der Waals surface area contributed by atoms with E-state index in [0.717, 1.165) is 21.2 Å². The summed E-state index contributed by atoms with van der Waals surface area (Å²) in [5.74, 6) is -0.497. The first kappa shape index (κ1) is 19.5. The minimum Gasteiger partial charge on any atom is -0.325 e. The number of amides is 1. The van der Waals surface area contributed by atoms with E-state index in [1.807, 2.05) is 0 Å². The van der Waals surface area contributed by atoms with Crippen LogP contribution in [0, 0.1) is 11.3 Å². The van der Waals surface area contributed by atoms with Crippen molar-refractivity contribution in [2.75, 3.05) is 16.2 Å². The molecule has 28 heavy (non-hydrogen) atoms. The van der Waals surface area contributed by atoms with E-state index in [9.17, 15) is 13.2 Å². The number of nitriles is 1. The van der Waals surface area contributed by atoms with Crippen LogP contribution in [0.25, 0.3) is 0 Å². The van der Waals surface area contributed by atoms with Crippen molar-refractivity contribution in [1.82, 2.24) is 4.98 Å². The molecule has 1 heterocycles. The number of hydrogen-bond acceptors (Lipinski definition) is 6. The van der Waals surface area contributed by atoms with Crippen LogP contribution < -0.4 is 9.62 Å². The second-order valence-electron chi connectivity index (χ2n) is 5.72. The molecule has 7 nitrogen and oxygen atoms in total. The van der Waals surface area contributed by atoms with Crippen LogP contribution in [0.2, 0.25) is 0 Å². The topological polar surface area (TPSA) is 103 Å². The van der Waals surface area contributed by atoms with Crippen molar-refractivity contribution in [3.05, 3.63) is 71.7 Å². The quantitative estimate of drug-likeness (QED) is 0.642. The predicted molar refractivity (Wildman–Crippen MR) is 107 cm³/mol. The Labute approximate surface area is 166 Å². The Morgan fingerprint density at radius 3 is 2.46 bits per heavy atom. The summed E-state index contributed by atoms with van der Waals surface area (Å²) in [5.41, 5.74) is 1.35. The molecule has 3 rings (SSSR count). The van der Waals surface area contributed by atoms with Crippen LogP contribution in [0.4, 0.5) is 10.8 Å². The van der Waals surface area contributed by atoms with Crippen molar-refractivity contribution in [3.63, 3.8) is 0 Å². The van der Waals surface area contributed by atoms with Gasteiger partial charge in [-0.2, -0.15) is 5.26 Å². The number of rotatable bonds is 7. The maximum absolute atomic E-state index is 13.0. The molecule has 142 valence electrons. The molecule has 3 aromatic rings. The Balaban J connectivity index is 1.81. The Kier molecular flexibility index (Phi) is 6.03. The summed E-state index contributed by atoms with van der Waals surface area (Å²) in [6.45, 7) is -0.412. The molecule has 0 fully saturated rings. The number of benzene rings is 2. The Morgan fingerprint density at radius 1 is 1.14 bits per heavy atom. The van der Waals surface area contributed by atoms with E-state index in [1.165, 1.54) is 18.3 Å². The van der Waals surface area contributed by atoms with Gasteiger partial charge in [0.2, 0.25) is 5.91 Å². The molecule has 2 aromatic carbocycles. The molecule has 0 atom stereocenters. The fourth-order valence-corrected chi connectivity index (χ4v) is 4.71. The van der Waals surface area contributed by atoms with E-state index >= 15 is 0 Å². The van der Waals surface area contributed by atoms with Gasteiger partial charge in [-0.3, -0.25) is 4.79 Å². The normalized spacial score (nSPS) is 10.8. The van der Waals surface area contributed by atoms with Gasteiger partial charge >= 0.3 is 0 Å². The molecule has 0 aliphatic carbocycles. The largest absolute Gasteiger partial charge is 0.325 e. The van der Waals surface area contributed by atoms with Crippen LogP contribution in [0.1, 0.15) is 5.56 Å². The highest BCUT2D eigenvalue weighted by molar-refractivity contribution is 7.93. The maximum Gasteiger partial charge on any atom is 0.266 e. The lowest BCUT2D eigenvalue weighted by molar-refractivity contribution is -0.114. The zero-order valence-corrected chi connectivity index (χ0v) is 16.3. The fourth-order valence-electron chi connectivity index (χ4n) is 2.44. The Morgan fingerprint density at radius 2 is 1.86 bits per heavy atom. The van der Waals surface area contributed by atoms with E-state index in [2.05, 4.69) is 16.4 Å². The third-order valence-corrected chi connectivity index (χ3v) is 6.43. The van der Waals surface area contributed by atoms with Gasteiger partial charge in [0.15, 0.2) is 5.13 Å². The minimum absolute atomic E-state index is 0.0823. The van der Waals surface area contributed by atoms with Crippen molar-refractivity contribution >= 4 is 38.1 Å². The van der Waals surface area contributed by atoms with Gasteiger partial charge in [0.05, 0.1) is 17.4 Å². The van der Waals surface area contributed by atoms with Gasteiger partial charge < -0.3 is 5.32 Å². The van der Waals surface area contributed by atoms with Crippen LogP contribution >= 0.6 is 11.3 Å². The van der Waals surface area contributed by atoms with Crippen molar-refractivity contribution in [2.45, 2.75) is 11.3 Å². The summed E-state index contributed by atoms with van der Waals surface area (Å²) in [6, 6.07) is 16.8. The first-order chi connectivity index (χ1) is 13.5. The van der Waals surface area contributed by atoms with Crippen LogP contribution in [0.3, 0.4) is 0 Å². The van der Waals surface area contributed by atoms with Crippen LogP contribution in [0.15, 0.2) is 71.1 Å². The van der Waals surface area contributed by atoms with Crippen molar-refractivity contribution < 1.29 is 13.2 Å². The lowest BCUT2D eigenvalue weighted by Gasteiger charge is -2.21. The van der Waals surface area contributed by atoms with Gasteiger partial charge in [-0.15, -0.1) is 11.3 Å². The maximum atomic E-state index is 13.0. The molecule has 1 N–H and O–H groups in total. The molecule has 0 radical (unpaired) electrons. The minimum atomic E-state index is -3.94. The third-order valence-electron chi connectivity index (χ3n) is 3.77. The smallest absolute Gasteiger partial charge is 0.266 e. The summed E-state index contributed by atoms with van der Waals surface area (Å²) in [6.07, 6.45) is 1.76. The molecule has 0 unspecified atom stereocenters. The van der Waals surface area contributed by atoms with E-state index < -0.39 is 22.5 Å². The molecule has 0 saturated carbocycles. The van der Waals surface area contributed by atoms with Gasteiger partial charge in [-0.05, 0) is 29.8 Å². The molecule has 0 aliphatic rings. The van der Waals surface area contributed by atoms with E-state index in [1.54, 1.807) is 47.8 Å². The summed E-state index contributed by atoms with van der Waals surface area (Å²) < 4.78 is 27.0. The average Bonchev–Trinajstić information content (AvgIpc) is 3.23. The number of thiazole rings is 1. The molecule has 1 aromatic heterocycles. The predicted octanol–water partition coefficient (Wildman–Crippen LogP) is 3.04. The molecule has 1 amide bonds. The van der Waals surface area contributed by atoms with Gasteiger partial charge in [0.25, 0.3) is 10.0 Å². The first-order valence-corrected chi connectivity index (χ1v) is 10.6. The number of sulfonamides is 1. The number of carbonyl (C=O) groups excluding carboxylic acids is 1. The SMILES string of the molecule is N#CCc1ccc(NC(=O)CN(c2nccs2)S(=O)(=O)c2ccccc2)cc1. The average molecular weight is 412 g/mol. The summed E-state index contributed by atoms with van der Waals surface area (Å²) in [4.78, 5) is 16.7. The molecular formula is C19H16N4O3S2. The third kappa shape index (κ3) is 4.54. The highest BCUT2D eigenvalue weighted by atomic mass is 32.2. The second-order valence-corrected chi connectivity index (χ2v) is 8.45. The number of carbonyl (C=O) groups is 1. The van der Waals surface area contributed by atoms with Crippen LogP contribution in [0.5, 0.6) is 0 Å². The van der Waals surface area contributed by atoms with Crippen LogP contribution in [-0.4, -0.2) is 25.9 Å². The second kappa shape index (κ2) is 8.65. The lowest BCUT2D eigenvalue weighted by atomic mass is 10.1. The van der Waals surface area contributed by atoms with Gasteiger partial charge in [-0.1, -0.05) is 30.3 Å². The van der Waals surface area contributed by atoms with Crippen LogP contribution in [-0.2, 0) is 21.2 Å².